The van der Waals surface area contributed by atoms with E-state index < -0.39 is 55.4 Å². The number of nitrogens with two attached hydrogens (primary N) is 1. The minimum Gasteiger partial charge on any atom is -0.480 e. The molecule has 9 heteroatoms. The van der Waals surface area contributed by atoms with Gasteiger partial charge in [-0.05, 0) is 6.92 Å². The summed E-state index contributed by atoms with van der Waals surface area (Å²) in [7, 11) is 0. The summed E-state index contributed by atoms with van der Waals surface area (Å²) >= 11 is 0. The topological polar surface area (TPSA) is 163 Å². The van der Waals surface area contributed by atoms with E-state index in [1.165, 1.54) is 6.92 Å². The predicted octanol–water partition coefficient (Wildman–Crippen LogP) is -3.40. The zero-order chi connectivity index (χ0) is 14.7. The van der Waals surface area contributed by atoms with E-state index in [9.17, 15) is 20.1 Å². The zero-order valence-electron chi connectivity index (χ0n) is 10.3. The first-order valence-electron chi connectivity index (χ1n) is 5.74. The van der Waals surface area contributed by atoms with Gasteiger partial charge in [0.15, 0.2) is 6.29 Å². The van der Waals surface area contributed by atoms with E-state index in [1.54, 1.807) is 0 Å². The van der Waals surface area contributed by atoms with Gasteiger partial charge in [-0.2, -0.15) is 0 Å². The largest absolute Gasteiger partial charge is 0.480 e. The molecule has 7 atom stereocenters. The maximum absolute atomic E-state index is 10.7. The van der Waals surface area contributed by atoms with Crippen molar-refractivity contribution >= 4 is 5.97 Å². The van der Waals surface area contributed by atoms with Gasteiger partial charge in [-0.3, -0.25) is 4.79 Å². The van der Waals surface area contributed by atoms with Crippen molar-refractivity contribution in [3.8, 4) is 0 Å². The highest BCUT2D eigenvalue weighted by Crippen LogP contribution is 2.23. The van der Waals surface area contributed by atoms with Crippen LogP contribution in [-0.2, 0) is 14.3 Å². The molecule has 19 heavy (non-hydrogen) atoms. The lowest BCUT2D eigenvalue weighted by Crippen LogP contribution is -2.60. The summed E-state index contributed by atoms with van der Waals surface area (Å²) in [6, 6.07) is -1.34. The molecule has 1 aliphatic rings. The van der Waals surface area contributed by atoms with Gasteiger partial charge in [0.05, 0.1) is 12.7 Å². The molecule has 1 aliphatic heterocycles. The highest BCUT2D eigenvalue weighted by Gasteiger charge is 2.45. The number of ether oxygens (including phenoxy) is 2. The third kappa shape index (κ3) is 3.60. The van der Waals surface area contributed by atoms with Gasteiger partial charge in [0.25, 0.3) is 0 Å². The quantitative estimate of drug-likeness (QED) is 0.301. The summed E-state index contributed by atoms with van der Waals surface area (Å²) in [6.45, 7) is 0.768. The smallest absolute Gasteiger partial charge is 0.323 e. The molecular formula is C10H19NO8. The van der Waals surface area contributed by atoms with Crippen molar-refractivity contribution in [2.24, 2.45) is 5.73 Å². The Balaban J connectivity index is 2.69. The lowest BCUT2D eigenvalue weighted by molar-refractivity contribution is -0.310. The molecule has 0 saturated carbocycles. The lowest BCUT2D eigenvalue weighted by Gasteiger charge is -2.40. The van der Waals surface area contributed by atoms with E-state index in [-0.39, 0.29) is 0 Å². The molecule has 9 nitrogen and oxygen atoms in total. The van der Waals surface area contributed by atoms with Crippen molar-refractivity contribution in [2.45, 2.75) is 49.8 Å². The van der Waals surface area contributed by atoms with E-state index >= 15 is 0 Å². The van der Waals surface area contributed by atoms with Gasteiger partial charge in [0.1, 0.15) is 30.5 Å². The molecule has 7 N–H and O–H groups in total. The van der Waals surface area contributed by atoms with E-state index in [0.717, 1.165) is 0 Å². The molecule has 1 rings (SSSR count). The minimum atomic E-state index is -1.58. The van der Waals surface area contributed by atoms with Crippen LogP contribution in [0.15, 0.2) is 0 Å². The summed E-state index contributed by atoms with van der Waals surface area (Å²) in [5, 5.41) is 46.4. The van der Waals surface area contributed by atoms with Crippen molar-refractivity contribution in [3.05, 3.63) is 0 Å². The highest BCUT2D eigenvalue weighted by molar-refractivity contribution is 5.73. The molecule has 0 aromatic heterocycles. The first-order valence-corrected chi connectivity index (χ1v) is 5.74. The van der Waals surface area contributed by atoms with E-state index in [1.807, 2.05) is 0 Å². The van der Waals surface area contributed by atoms with Crippen LogP contribution in [0.2, 0.25) is 0 Å². The van der Waals surface area contributed by atoms with Crippen molar-refractivity contribution in [3.63, 3.8) is 0 Å². The normalized spacial score (nSPS) is 38.7. The highest BCUT2D eigenvalue weighted by atomic mass is 16.7. The Hall–Kier alpha value is -0.810. The molecular weight excluding hydrogens is 262 g/mol. The second kappa shape index (κ2) is 6.57. The molecule has 0 bridgehead atoms. The van der Waals surface area contributed by atoms with Crippen LogP contribution in [0, 0.1) is 0 Å². The van der Waals surface area contributed by atoms with Crippen molar-refractivity contribution in [1.29, 1.82) is 0 Å². The summed E-state index contributed by atoms with van der Waals surface area (Å²) < 4.78 is 10.2. The fraction of sp³-hybridized carbons (Fsp3) is 0.900. The molecule has 1 saturated heterocycles. The van der Waals surface area contributed by atoms with Crippen molar-refractivity contribution < 1.29 is 39.8 Å². The summed E-state index contributed by atoms with van der Waals surface area (Å²) in [6.07, 6.45) is -8.17. The average Bonchev–Trinajstić information content (AvgIpc) is 2.38. The Bertz CT molecular complexity index is 312. The van der Waals surface area contributed by atoms with Crippen LogP contribution in [-0.4, -0.2) is 81.0 Å². The number of aliphatic carboxylic acids is 1. The molecule has 2 unspecified atom stereocenters. The molecule has 0 radical (unpaired) electrons. The van der Waals surface area contributed by atoms with Crippen LogP contribution < -0.4 is 5.73 Å². The van der Waals surface area contributed by atoms with Crippen molar-refractivity contribution in [2.75, 3.05) is 6.61 Å². The number of carbonyl (C=O) groups is 1. The number of carboxylic acids is 1. The Kier molecular flexibility index (Phi) is 5.62. The van der Waals surface area contributed by atoms with Crippen LogP contribution in [0.25, 0.3) is 0 Å². The van der Waals surface area contributed by atoms with E-state index in [0.29, 0.717) is 0 Å². The van der Waals surface area contributed by atoms with Gasteiger partial charge in [0.2, 0.25) is 0 Å². The number of hydrogen-bond acceptors (Lipinski definition) is 8. The molecule has 0 spiro atoms. The maximum atomic E-state index is 10.7. The molecule has 0 aromatic rings. The van der Waals surface area contributed by atoms with Crippen molar-refractivity contribution in [1.82, 2.24) is 0 Å². The van der Waals surface area contributed by atoms with Crippen LogP contribution in [0.4, 0.5) is 0 Å². The van der Waals surface area contributed by atoms with Gasteiger partial charge in [-0.25, -0.2) is 0 Å². The molecule has 1 fully saturated rings. The Labute approximate surface area is 109 Å². The maximum Gasteiger partial charge on any atom is 0.323 e. The molecule has 112 valence electrons. The van der Waals surface area contributed by atoms with Crippen LogP contribution >= 0.6 is 0 Å². The van der Waals surface area contributed by atoms with Gasteiger partial charge in [0, 0.05) is 0 Å². The summed E-state index contributed by atoms with van der Waals surface area (Å²) in [5.41, 5.74) is 5.33. The molecule has 0 aromatic carbocycles. The zero-order valence-corrected chi connectivity index (χ0v) is 10.3. The monoisotopic (exact) mass is 281 g/mol. The number of carboxylic acid groups (broad SMARTS) is 1. The third-order valence-electron chi connectivity index (χ3n) is 2.99. The lowest BCUT2D eigenvalue weighted by atomic mass is 9.99. The fourth-order valence-electron chi connectivity index (χ4n) is 1.68. The summed E-state index contributed by atoms with van der Waals surface area (Å²) in [5.74, 6) is -1.29. The van der Waals surface area contributed by atoms with Gasteiger partial charge in [-0.15, -0.1) is 0 Å². The van der Waals surface area contributed by atoms with E-state index in [2.05, 4.69) is 0 Å². The minimum absolute atomic E-state index is 0.593. The number of aliphatic hydroxyl groups is 4. The molecule has 0 aliphatic carbocycles. The summed E-state index contributed by atoms with van der Waals surface area (Å²) in [4.78, 5) is 10.7. The van der Waals surface area contributed by atoms with Gasteiger partial charge in [-0.1, -0.05) is 0 Å². The van der Waals surface area contributed by atoms with Crippen LogP contribution in [0.5, 0.6) is 0 Å². The van der Waals surface area contributed by atoms with Gasteiger partial charge < -0.3 is 40.7 Å². The molecule has 1 heterocycles. The SMILES string of the molecule is CC(OC1O[C@H](CO)[C@@H](O)[C@H](O)[C@@H]1O)[C@H](N)C(=O)O. The second-order valence-corrected chi connectivity index (χ2v) is 4.40. The number of rotatable bonds is 5. The Morgan fingerprint density at radius 3 is 2.37 bits per heavy atom. The number of aliphatic hydroxyl groups excluding tert-OH is 4. The first-order chi connectivity index (χ1) is 8.79. The third-order valence-corrected chi connectivity index (χ3v) is 2.99. The van der Waals surface area contributed by atoms with E-state index in [4.69, 9.17) is 25.4 Å². The standard InChI is InChI=1S/C10H19NO8/c1-3(5(11)9(16)17)18-10-8(15)7(14)6(13)4(2-12)19-10/h3-8,10,12-15H,2,11H2,1H3,(H,16,17)/t3?,4-,5+,6-,7+,8+,10?/m1/s1. The first kappa shape index (κ1) is 16.2. The van der Waals surface area contributed by atoms with Gasteiger partial charge >= 0.3 is 5.97 Å². The molecule has 0 amide bonds. The average molecular weight is 281 g/mol. The van der Waals surface area contributed by atoms with Crippen LogP contribution in [0.3, 0.4) is 0 Å². The fourth-order valence-corrected chi connectivity index (χ4v) is 1.68. The predicted molar refractivity (Wildman–Crippen MR) is 59.9 cm³/mol. The second-order valence-electron chi connectivity index (χ2n) is 4.40. The Morgan fingerprint density at radius 2 is 1.89 bits per heavy atom. The van der Waals surface area contributed by atoms with Crippen LogP contribution in [0.1, 0.15) is 6.92 Å². The Morgan fingerprint density at radius 1 is 1.32 bits per heavy atom. The number of hydrogen-bond donors (Lipinski definition) is 6.